The lowest BCUT2D eigenvalue weighted by Crippen LogP contribution is -2.28. The highest BCUT2D eigenvalue weighted by Crippen LogP contribution is 2.19. The molecule has 0 saturated carbocycles. The molecular formula is C20H19N7OS. The Morgan fingerprint density at radius 2 is 1.83 bits per heavy atom. The van der Waals surface area contributed by atoms with Crippen molar-refractivity contribution >= 4 is 44.9 Å². The molecule has 1 amide bonds. The first-order valence-electron chi connectivity index (χ1n) is 9.06. The fraction of sp³-hybridized carbons (Fsp3) is 0.150. The van der Waals surface area contributed by atoms with E-state index in [1.807, 2.05) is 43.3 Å². The van der Waals surface area contributed by atoms with E-state index in [1.54, 1.807) is 17.8 Å². The number of nitrogens with one attached hydrogen (secondary N) is 3. The van der Waals surface area contributed by atoms with Gasteiger partial charge in [0, 0.05) is 24.8 Å². The third-order valence-corrected chi connectivity index (χ3v) is 4.94. The van der Waals surface area contributed by atoms with Gasteiger partial charge in [0.05, 0.1) is 15.7 Å². The van der Waals surface area contributed by atoms with Crippen LogP contribution >= 0.6 is 11.3 Å². The van der Waals surface area contributed by atoms with Crippen molar-refractivity contribution in [3.63, 3.8) is 0 Å². The summed E-state index contributed by atoms with van der Waals surface area (Å²) >= 11 is 1.52. The molecule has 3 N–H and O–H groups in total. The van der Waals surface area contributed by atoms with E-state index in [4.69, 9.17) is 0 Å². The Balaban J connectivity index is 1.24. The van der Waals surface area contributed by atoms with E-state index in [0.717, 1.165) is 21.6 Å². The number of benzene rings is 1. The first kappa shape index (κ1) is 18.8. The molecule has 0 atom stereocenters. The van der Waals surface area contributed by atoms with Crippen LogP contribution in [-0.4, -0.2) is 39.2 Å². The Labute approximate surface area is 171 Å². The van der Waals surface area contributed by atoms with Crippen molar-refractivity contribution in [2.45, 2.75) is 6.92 Å². The van der Waals surface area contributed by atoms with E-state index in [-0.39, 0.29) is 5.91 Å². The number of rotatable bonds is 7. The fourth-order valence-electron chi connectivity index (χ4n) is 2.69. The van der Waals surface area contributed by atoms with Gasteiger partial charge in [-0.25, -0.2) is 9.97 Å². The first-order chi connectivity index (χ1) is 14.2. The zero-order valence-electron chi connectivity index (χ0n) is 15.7. The van der Waals surface area contributed by atoms with Crippen molar-refractivity contribution in [3.8, 4) is 0 Å². The number of hydrogen-bond donors (Lipinski definition) is 3. The predicted octanol–water partition coefficient (Wildman–Crippen LogP) is 3.38. The summed E-state index contributed by atoms with van der Waals surface area (Å²) in [7, 11) is 0. The summed E-state index contributed by atoms with van der Waals surface area (Å²) in [5, 5.41) is 17.4. The molecule has 8 nitrogen and oxygen atoms in total. The van der Waals surface area contributed by atoms with E-state index < -0.39 is 0 Å². The topological polar surface area (TPSA) is 105 Å². The lowest BCUT2D eigenvalue weighted by atomic mass is 10.2. The van der Waals surface area contributed by atoms with Gasteiger partial charge in [-0.15, -0.1) is 21.5 Å². The SMILES string of the molecule is Cc1ccnc(Nc2ccc(NCCNC(=O)c3ccc4ncsc4c3)nn2)c1. The molecule has 9 heteroatoms. The number of carbonyl (C=O) groups is 1. The van der Waals surface area contributed by atoms with Crippen molar-refractivity contribution in [3.05, 3.63) is 65.3 Å². The third-order valence-electron chi connectivity index (χ3n) is 4.15. The first-order valence-corrected chi connectivity index (χ1v) is 9.94. The van der Waals surface area contributed by atoms with Crippen LogP contribution in [0.5, 0.6) is 0 Å². The molecule has 29 heavy (non-hydrogen) atoms. The van der Waals surface area contributed by atoms with E-state index >= 15 is 0 Å². The van der Waals surface area contributed by atoms with Crippen LogP contribution in [0.3, 0.4) is 0 Å². The molecule has 4 aromatic rings. The molecule has 146 valence electrons. The molecule has 0 aliphatic rings. The highest BCUT2D eigenvalue weighted by atomic mass is 32.1. The maximum atomic E-state index is 12.3. The number of anilines is 3. The van der Waals surface area contributed by atoms with Gasteiger partial charge in [0.1, 0.15) is 11.6 Å². The van der Waals surface area contributed by atoms with E-state index in [0.29, 0.717) is 30.3 Å². The number of nitrogens with zero attached hydrogens (tertiary/aromatic N) is 4. The standard InChI is InChI=1S/C20H19N7OS/c1-13-6-7-21-19(10-13)25-18-5-4-17(26-27-18)22-8-9-23-20(28)14-2-3-15-16(11-14)29-12-24-15/h2-7,10-12H,8-9H2,1H3,(H,22,26)(H,23,28)(H,21,25,27). The largest absolute Gasteiger partial charge is 0.367 e. The minimum absolute atomic E-state index is 0.113. The van der Waals surface area contributed by atoms with Crippen LogP contribution in [0, 0.1) is 6.92 Å². The second kappa shape index (κ2) is 8.61. The van der Waals surface area contributed by atoms with Gasteiger partial charge >= 0.3 is 0 Å². The smallest absolute Gasteiger partial charge is 0.251 e. The third kappa shape index (κ3) is 4.82. The Morgan fingerprint density at radius 1 is 0.966 bits per heavy atom. The summed E-state index contributed by atoms with van der Waals surface area (Å²) in [4.78, 5) is 20.7. The zero-order valence-corrected chi connectivity index (χ0v) is 16.5. The summed E-state index contributed by atoms with van der Waals surface area (Å²) in [6, 6.07) is 13.0. The highest BCUT2D eigenvalue weighted by Gasteiger charge is 2.07. The Morgan fingerprint density at radius 3 is 2.66 bits per heavy atom. The molecule has 0 bridgehead atoms. The maximum absolute atomic E-state index is 12.3. The van der Waals surface area contributed by atoms with Crippen molar-refractivity contribution in [1.82, 2.24) is 25.5 Å². The van der Waals surface area contributed by atoms with Crippen molar-refractivity contribution in [1.29, 1.82) is 0 Å². The molecule has 3 heterocycles. The molecule has 3 aromatic heterocycles. The van der Waals surface area contributed by atoms with Crippen LogP contribution in [0.4, 0.5) is 17.5 Å². The van der Waals surface area contributed by atoms with Crippen LogP contribution in [0.25, 0.3) is 10.2 Å². The van der Waals surface area contributed by atoms with Crippen LogP contribution in [0.1, 0.15) is 15.9 Å². The van der Waals surface area contributed by atoms with Crippen molar-refractivity contribution < 1.29 is 4.79 Å². The number of aryl methyl sites for hydroxylation is 1. The van der Waals surface area contributed by atoms with E-state index in [1.165, 1.54) is 11.3 Å². The number of hydrogen-bond acceptors (Lipinski definition) is 8. The second-order valence-electron chi connectivity index (χ2n) is 6.36. The molecule has 0 unspecified atom stereocenters. The summed E-state index contributed by atoms with van der Waals surface area (Å²) < 4.78 is 1.00. The molecule has 4 rings (SSSR count). The quantitative estimate of drug-likeness (QED) is 0.405. The molecule has 0 fully saturated rings. The Hall–Kier alpha value is -3.59. The monoisotopic (exact) mass is 405 g/mol. The summed E-state index contributed by atoms with van der Waals surface area (Å²) in [5.74, 6) is 1.85. The van der Waals surface area contributed by atoms with Crippen LogP contribution in [-0.2, 0) is 0 Å². The van der Waals surface area contributed by atoms with Crippen LogP contribution in [0.15, 0.2) is 54.2 Å². The number of thiazole rings is 1. The van der Waals surface area contributed by atoms with E-state index in [9.17, 15) is 4.79 Å². The van der Waals surface area contributed by atoms with Gasteiger partial charge in [-0.2, -0.15) is 0 Å². The number of fused-ring (bicyclic) bond motifs is 1. The number of carbonyl (C=O) groups excluding carboxylic acids is 1. The minimum atomic E-state index is -0.113. The van der Waals surface area contributed by atoms with Crippen molar-refractivity contribution in [2.24, 2.45) is 0 Å². The van der Waals surface area contributed by atoms with Gasteiger partial charge in [0.25, 0.3) is 5.91 Å². The second-order valence-corrected chi connectivity index (χ2v) is 7.25. The van der Waals surface area contributed by atoms with Crippen LogP contribution in [0.2, 0.25) is 0 Å². The normalized spacial score (nSPS) is 10.7. The molecular weight excluding hydrogens is 386 g/mol. The molecule has 0 radical (unpaired) electrons. The van der Waals surface area contributed by atoms with Gasteiger partial charge in [-0.1, -0.05) is 0 Å². The summed E-state index contributed by atoms with van der Waals surface area (Å²) in [5.41, 5.74) is 4.42. The highest BCUT2D eigenvalue weighted by molar-refractivity contribution is 7.16. The Bertz CT molecular complexity index is 1130. The fourth-order valence-corrected chi connectivity index (χ4v) is 3.41. The summed E-state index contributed by atoms with van der Waals surface area (Å²) in [6.07, 6.45) is 1.74. The summed E-state index contributed by atoms with van der Waals surface area (Å²) in [6.45, 7) is 3.01. The molecule has 0 spiro atoms. The lowest BCUT2D eigenvalue weighted by molar-refractivity contribution is 0.0955. The molecule has 1 aromatic carbocycles. The average molecular weight is 405 g/mol. The average Bonchev–Trinajstić information content (AvgIpc) is 3.20. The lowest BCUT2D eigenvalue weighted by Gasteiger charge is -2.08. The van der Waals surface area contributed by atoms with Gasteiger partial charge < -0.3 is 16.0 Å². The van der Waals surface area contributed by atoms with Gasteiger partial charge in [-0.3, -0.25) is 4.79 Å². The minimum Gasteiger partial charge on any atom is -0.367 e. The number of amides is 1. The van der Waals surface area contributed by atoms with Crippen molar-refractivity contribution in [2.75, 3.05) is 23.7 Å². The van der Waals surface area contributed by atoms with Gasteiger partial charge in [-0.05, 0) is 55.0 Å². The molecule has 0 saturated heterocycles. The zero-order chi connectivity index (χ0) is 20.1. The Kier molecular flexibility index (Phi) is 5.57. The van der Waals surface area contributed by atoms with Gasteiger partial charge in [0.2, 0.25) is 0 Å². The maximum Gasteiger partial charge on any atom is 0.251 e. The van der Waals surface area contributed by atoms with Gasteiger partial charge in [0.15, 0.2) is 5.82 Å². The molecule has 0 aliphatic heterocycles. The number of aromatic nitrogens is 4. The number of pyridine rings is 1. The van der Waals surface area contributed by atoms with Crippen LogP contribution < -0.4 is 16.0 Å². The van der Waals surface area contributed by atoms with E-state index in [2.05, 4.69) is 36.1 Å². The predicted molar refractivity (Wildman–Crippen MR) is 115 cm³/mol. The molecule has 0 aliphatic carbocycles.